The quantitative estimate of drug-likeness (QED) is 0.159. The lowest BCUT2D eigenvalue weighted by atomic mass is 10.1. The highest BCUT2D eigenvalue weighted by atomic mass is 31.2. The van der Waals surface area contributed by atoms with E-state index in [-0.39, 0.29) is 32.1 Å². The molecule has 0 fully saturated rings. The van der Waals surface area contributed by atoms with Crippen molar-refractivity contribution in [3.63, 3.8) is 0 Å². The molecule has 0 aromatic heterocycles. The van der Waals surface area contributed by atoms with E-state index in [2.05, 4.69) is 21.3 Å². The van der Waals surface area contributed by atoms with Gasteiger partial charge in [0, 0.05) is 19.4 Å². The maximum atomic E-state index is 11.7. The third kappa shape index (κ3) is 18.8. The Labute approximate surface area is 174 Å². The van der Waals surface area contributed by atoms with Crippen molar-refractivity contribution in [2.75, 3.05) is 26.4 Å². The Balaban J connectivity index is 3.74. The number of amides is 1. The first kappa shape index (κ1) is 28.0. The number of esters is 1. The molecule has 2 unspecified atom stereocenters. The fourth-order valence-corrected chi connectivity index (χ4v) is 3.18. The van der Waals surface area contributed by atoms with Crippen LogP contribution in [-0.4, -0.2) is 54.3 Å². The molecule has 10 heteroatoms. The zero-order valence-corrected chi connectivity index (χ0v) is 18.7. The Morgan fingerprint density at radius 3 is 2.24 bits per heavy atom. The predicted octanol–water partition coefficient (Wildman–Crippen LogP) is 3.08. The number of nitrogens with one attached hydrogen (secondary N) is 1. The SMILES string of the molecule is CCCCCCCCCC(=O)OCC(O)COP(=O)(O)OCCNC(=O)CCC. The van der Waals surface area contributed by atoms with Gasteiger partial charge in [-0.1, -0.05) is 52.4 Å². The molecule has 0 spiro atoms. The molecule has 0 saturated carbocycles. The van der Waals surface area contributed by atoms with Crippen molar-refractivity contribution in [3.8, 4) is 0 Å². The minimum absolute atomic E-state index is 0.0749. The van der Waals surface area contributed by atoms with Crippen LogP contribution in [-0.2, 0) is 27.9 Å². The fraction of sp³-hybridized carbons (Fsp3) is 0.895. The van der Waals surface area contributed by atoms with Crippen molar-refractivity contribution in [2.24, 2.45) is 0 Å². The summed E-state index contributed by atoms with van der Waals surface area (Å²) in [5, 5.41) is 12.2. The van der Waals surface area contributed by atoms with Crippen LogP contribution in [0.15, 0.2) is 0 Å². The van der Waals surface area contributed by atoms with E-state index < -0.39 is 26.5 Å². The number of aliphatic hydroxyl groups excluding tert-OH is 1. The van der Waals surface area contributed by atoms with Gasteiger partial charge in [-0.3, -0.25) is 18.6 Å². The summed E-state index contributed by atoms with van der Waals surface area (Å²) < 4.78 is 26.0. The van der Waals surface area contributed by atoms with Gasteiger partial charge in [0.25, 0.3) is 0 Å². The van der Waals surface area contributed by atoms with Crippen molar-refractivity contribution in [3.05, 3.63) is 0 Å². The number of ether oxygens (including phenoxy) is 1. The van der Waals surface area contributed by atoms with Crippen LogP contribution in [0.25, 0.3) is 0 Å². The summed E-state index contributed by atoms with van der Waals surface area (Å²) in [6.07, 6.45) is 7.77. The van der Waals surface area contributed by atoms with Crippen LogP contribution >= 0.6 is 7.82 Å². The van der Waals surface area contributed by atoms with Crippen LogP contribution in [0, 0.1) is 0 Å². The van der Waals surface area contributed by atoms with Crippen LogP contribution in [0.4, 0.5) is 0 Å². The van der Waals surface area contributed by atoms with E-state index in [4.69, 9.17) is 4.74 Å². The minimum Gasteiger partial charge on any atom is -0.463 e. The number of unbranched alkanes of at least 4 members (excludes halogenated alkanes) is 6. The smallest absolute Gasteiger partial charge is 0.463 e. The van der Waals surface area contributed by atoms with Crippen LogP contribution in [0.3, 0.4) is 0 Å². The van der Waals surface area contributed by atoms with Gasteiger partial charge in [-0.05, 0) is 12.8 Å². The number of carbonyl (C=O) groups is 2. The predicted molar refractivity (Wildman–Crippen MR) is 109 cm³/mol. The van der Waals surface area contributed by atoms with Gasteiger partial charge in [-0.2, -0.15) is 0 Å². The molecule has 3 N–H and O–H groups in total. The van der Waals surface area contributed by atoms with Crippen LogP contribution < -0.4 is 5.32 Å². The normalized spacial score (nSPS) is 14.2. The van der Waals surface area contributed by atoms with E-state index in [9.17, 15) is 24.2 Å². The molecule has 1 amide bonds. The summed E-state index contributed by atoms with van der Waals surface area (Å²) >= 11 is 0. The van der Waals surface area contributed by atoms with Crippen molar-refractivity contribution < 1.29 is 37.9 Å². The topological polar surface area (TPSA) is 131 Å². The van der Waals surface area contributed by atoms with E-state index in [1.807, 2.05) is 6.92 Å². The molecule has 0 aromatic rings. The van der Waals surface area contributed by atoms with Crippen LogP contribution in [0.2, 0.25) is 0 Å². The molecule has 0 aromatic carbocycles. The third-order valence-electron chi connectivity index (χ3n) is 4.01. The van der Waals surface area contributed by atoms with Crippen LogP contribution in [0.5, 0.6) is 0 Å². The number of hydrogen-bond donors (Lipinski definition) is 3. The fourth-order valence-electron chi connectivity index (χ4n) is 2.42. The molecular formula is C19H38NO8P. The molecule has 0 aliphatic rings. The first-order valence-corrected chi connectivity index (χ1v) is 12.0. The highest BCUT2D eigenvalue weighted by molar-refractivity contribution is 7.47. The average Bonchev–Trinajstić information content (AvgIpc) is 2.68. The number of phosphoric acid groups is 1. The Bertz CT molecular complexity index is 489. The molecule has 0 aliphatic carbocycles. The monoisotopic (exact) mass is 439 g/mol. The summed E-state index contributed by atoms with van der Waals surface area (Å²) in [6, 6.07) is 0. The van der Waals surface area contributed by atoms with E-state index in [1.165, 1.54) is 25.7 Å². The van der Waals surface area contributed by atoms with Gasteiger partial charge in [0.2, 0.25) is 5.91 Å². The molecule has 2 atom stereocenters. The second-order valence-electron chi connectivity index (χ2n) is 6.91. The summed E-state index contributed by atoms with van der Waals surface area (Å²) in [4.78, 5) is 32.4. The van der Waals surface area contributed by atoms with Gasteiger partial charge in [-0.25, -0.2) is 4.57 Å². The lowest BCUT2D eigenvalue weighted by Gasteiger charge is -2.15. The van der Waals surface area contributed by atoms with E-state index in [0.29, 0.717) is 12.8 Å². The molecule has 0 rings (SSSR count). The van der Waals surface area contributed by atoms with Gasteiger partial charge in [0.1, 0.15) is 12.7 Å². The number of carbonyl (C=O) groups excluding carboxylic acids is 2. The van der Waals surface area contributed by atoms with E-state index in [0.717, 1.165) is 19.3 Å². The standard InChI is InChI=1S/C19H38NO8P/c1-3-5-6-7-8-9-10-12-19(23)26-15-17(21)16-28-29(24,25)27-14-13-20-18(22)11-4-2/h17,21H,3-16H2,1-2H3,(H,20,22)(H,24,25). The molecule has 0 radical (unpaired) electrons. The molecule has 172 valence electrons. The molecule has 0 saturated heterocycles. The molecular weight excluding hydrogens is 401 g/mol. The van der Waals surface area contributed by atoms with Crippen molar-refractivity contribution >= 4 is 19.7 Å². The zero-order chi connectivity index (χ0) is 22.0. The highest BCUT2D eigenvalue weighted by Crippen LogP contribution is 2.42. The molecule has 0 heterocycles. The Kier molecular flexibility index (Phi) is 17.2. The number of rotatable bonds is 19. The number of phosphoric ester groups is 1. The van der Waals surface area contributed by atoms with Gasteiger partial charge in [-0.15, -0.1) is 0 Å². The number of hydrogen-bond acceptors (Lipinski definition) is 7. The van der Waals surface area contributed by atoms with Gasteiger partial charge in [0.05, 0.1) is 13.2 Å². The molecule has 0 bridgehead atoms. The maximum Gasteiger partial charge on any atom is 0.472 e. The maximum absolute atomic E-state index is 11.7. The first-order chi connectivity index (χ1) is 13.8. The Morgan fingerprint density at radius 2 is 1.59 bits per heavy atom. The molecule has 29 heavy (non-hydrogen) atoms. The largest absolute Gasteiger partial charge is 0.472 e. The minimum atomic E-state index is -4.35. The lowest BCUT2D eigenvalue weighted by Crippen LogP contribution is -2.27. The molecule has 9 nitrogen and oxygen atoms in total. The first-order valence-electron chi connectivity index (χ1n) is 10.5. The Hall–Kier alpha value is -0.990. The molecule has 0 aliphatic heterocycles. The average molecular weight is 439 g/mol. The second-order valence-corrected chi connectivity index (χ2v) is 8.36. The van der Waals surface area contributed by atoms with Crippen molar-refractivity contribution in [2.45, 2.75) is 84.2 Å². The van der Waals surface area contributed by atoms with Gasteiger partial charge in [0.15, 0.2) is 0 Å². The Morgan fingerprint density at radius 1 is 0.931 bits per heavy atom. The zero-order valence-electron chi connectivity index (χ0n) is 17.8. The van der Waals surface area contributed by atoms with Gasteiger partial charge < -0.3 is 20.1 Å². The summed E-state index contributed by atoms with van der Waals surface area (Å²) in [5.74, 6) is -0.581. The van der Waals surface area contributed by atoms with Crippen molar-refractivity contribution in [1.82, 2.24) is 5.32 Å². The van der Waals surface area contributed by atoms with E-state index >= 15 is 0 Å². The van der Waals surface area contributed by atoms with Crippen molar-refractivity contribution in [1.29, 1.82) is 0 Å². The summed E-state index contributed by atoms with van der Waals surface area (Å²) in [5.41, 5.74) is 0. The second kappa shape index (κ2) is 17.8. The number of aliphatic hydroxyl groups is 1. The highest BCUT2D eigenvalue weighted by Gasteiger charge is 2.23. The van der Waals surface area contributed by atoms with Gasteiger partial charge >= 0.3 is 13.8 Å². The lowest BCUT2D eigenvalue weighted by molar-refractivity contribution is -0.147. The summed E-state index contributed by atoms with van der Waals surface area (Å²) in [7, 11) is -4.35. The third-order valence-corrected chi connectivity index (χ3v) is 4.99. The summed E-state index contributed by atoms with van der Waals surface area (Å²) in [6.45, 7) is 3.07. The van der Waals surface area contributed by atoms with E-state index in [1.54, 1.807) is 0 Å². The van der Waals surface area contributed by atoms with Crippen LogP contribution in [0.1, 0.15) is 78.1 Å².